The molecule has 0 saturated carbocycles. The molecule has 0 aliphatic heterocycles. The monoisotopic (exact) mass is 447 g/mol. The number of amides is 1. The van der Waals surface area contributed by atoms with Crippen LogP contribution in [0.2, 0.25) is 0 Å². The predicted molar refractivity (Wildman–Crippen MR) is 112 cm³/mol. The van der Waals surface area contributed by atoms with Crippen molar-refractivity contribution in [2.24, 2.45) is 10.2 Å². The van der Waals surface area contributed by atoms with Gasteiger partial charge in [0, 0.05) is 11.6 Å². The van der Waals surface area contributed by atoms with Crippen molar-refractivity contribution in [2.45, 2.75) is 4.90 Å². The summed E-state index contributed by atoms with van der Waals surface area (Å²) in [4.78, 5) is 11.8. The lowest BCUT2D eigenvalue weighted by molar-refractivity contribution is 0.152. The lowest BCUT2D eigenvalue weighted by Gasteiger charge is -2.11. The van der Waals surface area contributed by atoms with Gasteiger partial charge in [-0.2, -0.15) is 0 Å². The van der Waals surface area contributed by atoms with Gasteiger partial charge in [0.15, 0.2) is 9.84 Å². The largest absolute Gasteiger partial charge is 0.506 e. The summed E-state index contributed by atoms with van der Waals surface area (Å²) < 4.78 is 40.4. The highest BCUT2D eigenvalue weighted by atomic mass is 32.2. The molecule has 0 aliphatic rings. The number of halogens is 1. The Hall–Kier alpha value is -3.73. The molecule has 3 aromatic carbocycles. The highest BCUT2D eigenvalue weighted by Crippen LogP contribution is 2.41. The summed E-state index contributed by atoms with van der Waals surface area (Å²) in [7, 11) is -3.55. The molecule has 0 atom stereocenters. The second kappa shape index (κ2) is 8.96. The molecule has 0 bridgehead atoms. The number of carbonyl (C=O) groups excluding carboxylic acids is 1. The molecule has 0 fully saturated rings. The van der Waals surface area contributed by atoms with Gasteiger partial charge in [0.1, 0.15) is 36.2 Å². The first-order valence-corrected chi connectivity index (χ1v) is 10.8. The van der Waals surface area contributed by atoms with E-state index >= 15 is 0 Å². The van der Waals surface area contributed by atoms with Gasteiger partial charge in [-0.15, -0.1) is 10.2 Å². The van der Waals surface area contributed by atoms with Crippen molar-refractivity contribution in [2.75, 3.05) is 24.9 Å². The number of aromatic hydroxyl groups is 2. The fourth-order valence-electron chi connectivity index (χ4n) is 2.75. The Morgan fingerprint density at radius 1 is 1.10 bits per heavy atom. The molecular weight excluding hydrogens is 429 g/mol. The van der Waals surface area contributed by atoms with Crippen molar-refractivity contribution < 1.29 is 32.6 Å². The average Bonchev–Trinajstić information content (AvgIpc) is 2.72. The number of azo groups is 1. The third kappa shape index (κ3) is 5.07. The maximum atomic E-state index is 12.2. The molecule has 0 heterocycles. The van der Waals surface area contributed by atoms with Crippen molar-refractivity contribution in [1.29, 1.82) is 0 Å². The van der Waals surface area contributed by atoms with Gasteiger partial charge in [-0.25, -0.2) is 17.6 Å². The van der Waals surface area contributed by atoms with Gasteiger partial charge in [0.25, 0.3) is 0 Å². The Bertz CT molecular complexity index is 1280. The maximum Gasteiger partial charge on any atom is 0.411 e. The lowest BCUT2D eigenvalue weighted by atomic mass is 10.1. The molecule has 0 radical (unpaired) electrons. The van der Waals surface area contributed by atoms with Crippen LogP contribution in [0.25, 0.3) is 10.8 Å². The number of phenols is 2. The Balaban J connectivity index is 2.08. The Kier molecular flexibility index (Phi) is 6.35. The van der Waals surface area contributed by atoms with Crippen LogP contribution in [0.4, 0.5) is 26.2 Å². The Labute approximate surface area is 176 Å². The molecular formula is C20H18FN3O6S. The predicted octanol–water partition coefficient (Wildman–Crippen LogP) is 4.59. The number of sulfone groups is 1. The number of fused-ring (bicyclic) bond motifs is 1. The van der Waals surface area contributed by atoms with Crippen LogP contribution >= 0.6 is 0 Å². The van der Waals surface area contributed by atoms with Gasteiger partial charge in [-0.3, -0.25) is 5.32 Å². The SMILES string of the molecule is CS(=O)(=O)c1ccc(O)c(N=Nc2c(O)ccc3cccc(NC(=O)OCCF)c23)c1. The first kappa shape index (κ1) is 22.0. The highest BCUT2D eigenvalue weighted by Gasteiger charge is 2.15. The summed E-state index contributed by atoms with van der Waals surface area (Å²) >= 11 is 0. The Morgan fingerprint density at radius 2 is 1.84 bits per heavy atom. The highest BCUT2D eigenvalue weighted by molar-refractivity contribution is 7.90. The minimum atomic E-state index is -3.55. The van der Waals surface area contributed by atoms with Crippen LogP contribution in [0.3, 0.4) is 0 Å². The van der Waals surface area contributed by atoms with Gasteiger partial charge >= 0.3 is 6.09 Å². The smallest absolute Gasteiger partial charge is 0.411 e. The Morgan fingerprint density at radius 3 is 2.55 bits per heavy atom. The average molecular weight is 447 g/mol. The molecule has 0 aromatic heterocycles. The van der Waals surface area contributed by atoms with E-state index in [2.05, 4.69) is 20.3 Å². The van der Waals surface area contributed by atoms with Crippen LogP contribution in [0.5, 0.6) is 11.5 Å². The molecule has 3 aromatic rings. The number of hydrogen-bond acceptors (Lipinski definition) is 8. The van der Waals surface area contributed by atoms with E-state index in [1.807, 2.05) is 0 Å². The molecule has 0 spiro atoms. The van der Waals surface area contributed by atoms with E-state index < -0.39 is 29.2 Å². The molecule has 3 N–H and O–H groups in total. The van der Waals surface area contributed by atoms with Gasteiger partial charge < -0.3 is 14.9 Å². The zero-order valence-electron chi connectivity index (χ0n) is 16.2. The molecule has 0 saturated heterocycles. The summed E-state index contributed by atoms with van der Waals surface area (Å²) in [5.41, 5.74) is 0.0514. The van der Waals surface area contributed by atoms with Crippen LogP contribution < -0.4 is 5.32 Å². The quantitative estimate of drug-likeness (QED) is 0.473. The number of carbonyl (C=O) groups is 1. The molecule has 0 aliphatic carbocycles. The maximum absolute atomic E-state index is 12.2. The van der Waals surface area contributed by atoms with E-state index in [0.29, 0.717) is 10.8 Å². The number of rotatable bonds is 6. The number of benzene rings is 3. The van der Waals surface area contributed by atoms with Gasteiger partial charge in [0.2, 0.25) is 0 Å². The number of phenolic OH excluding ortho intramolecular Hbond substituents is 2. The van der Waals surface area contributed by atoms with Crippen molar-refractivity contribution in [3.63, 3.8) is 0 Å². The fraction of sp³-hybridized carbons (Fsp3) is 0.150. The summed E-state index contributed by atoms with van der Waals surface area (Å²) in [6, 6.07) is 11.4. The second-order valence-electron chi connectivity index (χ2n) is 6.41. The third-order valence-corrected chi connectivity index (χ3v) is 5.29. The van der Waals surface area contributed by atoms with E-state index in [0.717, 1.165) is 12.3 Å². The number of anilines is 1. The number of ether oxygens (including phenoxy) is 1. The van der Waals surface area contributed by atoms with Crippen LogP contribution in [0, 0.1) is 0 Å². The van der Waals surface area contributed by atoms with Gasteiger partial charge in [-0.1, -0.05) is 18.2 Å². The third-order valence-electron chi connectivity index (χ3n) is 4.18. The van der Waals surface area contributed by atoms with E-state index in [-0.39, 0.29) is 33.5 Å². The first-order valence-electron chi connectivity index (χ1n) is 8.90. The minimum absolute atomic E-state index is 0.0388. The number of nitrogens with zero attached hydrogens (tertiary/aromatic N) is 2. The van der Waals surface area contributed by atoms with Crippen LogP contribution in [-0.2, 0) is 14.6 Å². The number of alkyl halides is 1. The fourth-order valence-corrected chi connectivity index (χ4v) is 3.39. The zero-order valence-corrected chi connectivity index (χ0v) is 17.1. The van der Waals surface area contributed by atoms with E-state index in [1.54, 1.807) is 18.2 Å². The lowest BCUT2D eigenvalue weighted by Crippen LogP contribution is -2.15. The summed E-state index contributed by atoms with van der Waals surface area (Å²) in [6.07, 6.45) is 0.117. The van der Waals surface area contributed by atoms with Crippen molar-refractivity contribution in [3.05, 3.63) is 48.5 Å². The van der Waals surface area contributed by atoms with Crippen molar-refractivity contribution in [3.8, 4) is 11.5 Å². The van der Waals surface area contributed by atoms with Crippen LogP contribution in [0.1, 0.15) is 0 Å². The molecule has 1 amide bonds. The molecule has 31 heavy (non-hydrogen) atoms. The van der Waals surface area contributed by atoms with Crippen molar-refractivity contribution in [1.82, 2.24) is 0 Å². The van der Waals surface area contributed by atoms with Crippen LogP contribution in [-0.4, -0.2) is 44.3 Å². The topological polar surface area (TPSA) is 138 Å². The molecule has 11 heteroatoms. The molecule has 3 rings (SSSR count). The summed E-state index contributed by atoms with van der Waals surface area (Å²) in [5.74, 6) is -0.592. The van der Waals surface area contributed by atoms with Gasteiger partial charge in [-0.05, 0) is 35.7 Å². The van der Waals surface area contributed by atoms with E-state index in [9.17, 15) is 27.8 Å². The normalized spacial score (nSPS) is 11.7. The van der Waals surface area contributed by atoms with Gasteiger partial charge in [0.05, 0.1) is 10.6 Å². The minimum Gasteiger partial charge on any atom is -0.506 e. The summed E-state index contributed by atoms with van der Waals surface area (Å²) in [5, 5.41) is 31.6. The van der Waals surface area contributed by atoms with Crippen LogP contribution in [0.15, 0.2) is 63.7 Å². The number of hydrogen-bond donors (Lipinski definition) is 3. The standard InChI is InChI=1S/C20H18FN3O6S/c1-31(28,29)13-6-8-16(25)15(11-13)23-24-19-17(26)7-5-12-3-2-4-14(18(12)19)22-20(27)30-10-9-21/h2-8,11,25-26H,9-10H2,1H3,(H,22,27). The van der Waals surface area contributed by atoms with Crippen molar-refractivity contribution >= 4 is 43.8 Å². The van der Waals surface area contributed by atoms with E-state index in [4.69, 9.17) is 0 Å². The van der Waals surface area contributed by atoms with E-state index in [1.165, 1.54) is 24.3 Å². The summed E-state index contributed by atoms with van der Waals surface area (Å²) in [6.45, 7) is -1.25. The zero-order chi connectivity index (χ0) is 22.6. The second-order valence-corrected chi connectivity index (χ2v) is 8.43. The number of nitrogens with one attached hydrogen (secondary N) is 1. The molecule has 162 valence electrons. The molecule has 9 nitrogen and oxygen atoms in total. The first-order chi connectivity index (χ1) is 14.7. The molecule has 0 unspecified atom stereocenters.